The molecule has 2 heterocycles. The molecule has 1 aliphatic heterocycles. The molecular weight excluding hydrogens is 324 g/mol. The number of carbonyl (C=O) groups excluding carboxylic acids is 1. The molecule has 0 aliphatic carbocycles. The minimum absolute atomic E-state index is 0.153. The molecule has 5 heteroatoms. The number of nitrogen functional groups attached to an aromatic ring is 1. The van der Waals surface area contributed by atoms with Crippen LogP contribution in [-0.4, -0.2) is 41.7 Å². The molecule has 26 heavy (non-hydrogen) atoms. The van der Waals surface area contributed by atoms with E-state index < -0.39 is 0 Å². The molecule has 1 saturated heterocycles. The molecule has 1 fully saturated rings. The largest absolute Gasteiger partial charge is 0.398 e. The summed E-state index contributed by atoms with van der Waals surface area (Å²) in [6, 6.07) is 18.1. The molecule has 0 unspecified atom stereocenters. The summed E-state index contributed by atoms with van der Waals surface area (Å²) in [6.45, 7) is 5.04. The number of aromatic nitrogens is 1. The quantitative estimate of drug-likeness (QED) is 0.741. The van der Waals surface area contributed by atoms with E-state index in [1.165, 1.54) is 10.9 Å². The third-order valence-electron chi connectivity index (χ3n) is 5.28. The standard InChI is InChI=1S/C21H24N4O/c1-16(18-7-3-4-8-19(18)22)21(26)23-12-14-24(15-13-23)25-11-10-17-6-2-5-9-20(17)25/h2-11,16H,12-15,22H2,1H3/t16-/m1/s1. The number of amides is 1. The molecule has 0 saturated carbocycles. The Kier molecular flexibility index (Phi) is 4.29. The topological polar surface area (TPSA) is 54.5 Å². The zero-order chi connectivity index (χ0) is 18.1. The first-order valence-corrected chi connectivity index (χ1v) is 9.09. The third-order valence-corrected chi connectivity index (χ3v) is 5.28. The van der Waals surface area contributed by atoms with Gasteiger partial charge >= 0.3 is 0 Å². The normalized spacial score (nSPS) is 16.0. The lowest BCUT2D eigenvalue weighted by molar-refractivity contribution is -0.132. The minimum atomic E-state index is -0.213. The Morgan fingerprint density at radius 3 is 2.42 bits per heavy atom. The van der Waals surface area contributed by atoms with Gasteiger partial charge in [-0.1, -0.05) is 36.4 Å². The van der Waals surface area contributed by atoms with E-state index >= 15 is 0 Å². The van der Waals surface area contributed by atoms with Gasteiger partial charge in [-0.2, -0.15) is 0 Å². The molecular formula is C21H24N4O. The maximum Gasteiger partial charge on any atom is 0.230 e. The second-order valence-corrected chi connectivity index (χ2v) is 6.85. The highest BCUT2D eigenvalue weighted by atomic mass is 16.2. The summed E-state index contributed by atoms with van der Waals surface area (Å²) in [5, 5.41) is 3.53. The summed E-state index contributed by atoms with van der Waals surface area (Å²) >= 11 is 0. The Hall–Kier alpha value is -2.95. The molecule has 2 aromatic carbocycles. The summed E-state index contributed by atoms with van der Waals surface area (Å²) in [5.41, 5.74) is 8.85. The zero-order valence-corrected chi connectivity index (χ0v) is 15.0. The van der Waals surface area contributed by atoms with Gasteiger partial charge in [0.15, 0.2) is 0 Å². The zero-order valence-electron chi connectivity index (χ0n) is 15.0. The maximum absolute atomic E-state index is 12.9. The predicted octanol–water partition coefficient (Wildman–Crippen LogP) is 2.81. The van der Waals surface area contributed by atoms with E-state index in [9.17, 15) is 4.79 Å². The van der Waals surface area contributed by atoms with Gasteiger partial charge in [-0.15, -0.1) is 0 Å². The lowest BCUT2D eigenvalue weighted by Crippen LogP contribution is -2.53. The van der Waals surface area contributed by atoms with Crippen LogP contribution in [0, 0.1) is 0 Å². The number of para-hydroxylation sites is 2. The van der Waals surface area contributed by atoms with E-state index in [1.807, 2.05) is 36.1 Å². The van der Waals surface area contributed by atoms with Crippen molar-refractivity contribution in [3.8, 4) is 0 Å². The van der Waals surface area contributed by atoms with Crippen molar-refractivity contribution >= 4 is 22.5 Å². The number of hydrogen-bond acceptors (Lipinski definition) is 3. The number of benzene rings is 2. The molecule has 0 bridgehead atoms. The predicted molar refractivity (Wildman–Crippen MR) is 106 cm³/mol. The summed E-state index contributed by atoms with van der Waals surface area (Å²) in [7, 11) is 0. The second-order valence-electron chi connectivity index (χ2n) is 6.85. The Morgan fingerprint density at radius 2 is 1.65 bits per heavy atom. The molecule has 1 amide bonds. The molecule has 4 rings (SSSR count). The maximum atomic E-state index is 12.9. The Bertz CT molecular complexity index is 924. The van der Waals surface area contributed by atoms with Crippen molar-refractivity contribution in [1.29, 1.82) is 0 Å². The Labute approximate surface area is 153 Å². The van der Waals surface area contributed by atoms with Crippen LogP contribution in [0.25, 0.3) is 10.9 Å². The highest BCUT2D eigenvalue weighted by Gasteiger charge is 2.27. The average Bonchev–Trinajstić information content (AvgIpc) is 3.11. The van der Waals surface area contributed by atoms with Crippen molar-refractivity contribution in [2.45, 2.75) is 12.8 Å². The van der Waals surface area contributed by atoms with Crippen LogP contribution in [0.1, 0.15) is 18.4 Å². The van der Waals surface area contributed by atoms with E-state index in [0.717, 1.165) is 31.7 Å². The van der Waals surface area contributed by atoms with Gasteiger partial charge in [0.2, 0.25) is 5.91 Å². The molecule has 3 aromatic rings. The van der Waals surface area contributed by atoms with Crippen LogP contribution < -0.4 is 10.7 Å². The number of piperazine rings is 1. The Balaban J connectivity index is 1.45. The minimum Gasteiger partial charge on any atom is -0.398 e. The second kappa shape index (κ2) is 6.75. The highest BCUT2D eigenvalue weighted by Crippen LogP contribution is 2.24. The number of nitrogens with zero attached hydrogens (tertiary/aromatic N) is 3. The van der Waals surface area contributed by atoms with Gasteiger partial charge in [0.1, 0.15) is 0 Å². The van der Waals surface area contributed by atoms with Crippen molar-refractivity contribution in [2.24, 2.45) is 0 Å². The monoisotopic (exact) mass is 348 g/mol. The highest BCUT2D eigenvalue weighted by molar-refractivity contribution is 5.85. The van der Waals surface area contributed by atoms with Crippen molar-refractivity contribution in [2.75, 3.05) is 36.9 Å². The van der Waals surface area contributed by atoms with Gasteiger partial charge in [0.25, 0.3) is 0 Å². The van der Waals surface area contributed by atoms with Crippen LogP contribution in [0.3, 0.4) is 0 Å². The van der Waals surface area contributed by atoms with Crippen molar-refractivity contribution in [3.05, 3.63) is 66.4 Å². The molecule has 5 nitrogen and oxygen atoms in total. The van der Waals surface area contributed by atoms with Gasteiger partial charge in [0.05, 0.1) is 24.5 Å². The number of rotatable bonds is 3. The fraction of sp³-hybridized carbons (Fsp3) is 0.286. The molecule has 2 N–H and O–H groups in total. The van der Waals surface area contributed by atoms with E-state index in [1.54, 1.807) is 0 Å². The van der Waals surface area contributed by atoms with E-state index in [0.29, 0.717) is 5.69 Å². The number of anilines is 1. The van der Waals surface area contributed by atoms with Crippen molar-refractivity contribution in [3.63, 3.8) is 0 Å². The lowest BCUT2D eigenvalue weighted by Gasteiger charge is -2.38. The van der Waals surface area contributed by atoms with Gasteiger partial charge in [-0.05, 0) is 30.7 Å². The van der Waals surface area contributed by atoms with Gasteiger partial charge < -0.3 is 15.6 Å². The number of fused-ring (bicyclic) bond motifs is 1. The summed E-state index contributed by atoms with van der Waals surface area (Å²) < 4.78 is 2.20. The number of hydrogen-bond donors (Lipinski definition) is 1. The molecule has 134 valence electrons. The van der Waals surface area contributed by atoms with Crippen LogP contribution in [0.15, 0.2) is 60.8 Å². The Morgan fingerprint density at radius 1 is 0.962 bits per heavy atom. The van der Waals surface area contributed by atoms with Crippen LogP contribution in [0.2, 0.25) is 0 Å². The smallest absolute Gasteiger partial charge is 0.230 e. The van der Waals surface area contributed by atoms with E-state index in [4.69, 9.17) is 5.73 Å². The molecule has 1 atom stereocenters. The molecule has 1 aliphatic rings. The van der Waals surface area contributed by atoms with Crippen LogP contribution in [0.5, 0.6) is 0 Å². The van der Waals surface area contributed by atoms with E-state index in [-0.39, 0.29) is 11.8 Å². The summed E-state index contributed by atoms with van der Waals surface area (Å²) in [6.07, 6.45) is 2.11. The first kappa shape index (κ1) is 16.5. The summed E-state index contributed by atoms with van der Waals surface area (Å²) in [4.78, 5) is 14.9. The van der Waals surface area contributed by atoms with Crippen molar-refractivity contribution < 1.29 is 4.79 Å². The van der Waals surface area contributed by atoms with Gasteiger partial charge in [-0.3, -0.25) is 9.47 Å². The number of carbonyl (C=O) groups is 1. The molecule has 0 radical (unpaired) electrons. The van der Waals surface area contributed by atoms with Crippen LogP contribution >= 0.6 is 0 Å². The molecule has 0 spiro atoms. The van der Waals surface area contributed by atoms with Crippen LogP contribution in [0.4, 0.5) is 5.69 Å². The fourth-order valence-corrected chi connectivity index (χ4v) is 3.76. The first-order chi connectivity index (χ1) is 12.6. The third kappa shape index (κ3) is 2.90. The van der Waals surface area contributed by atoms with Crippen molar-refractivity contribution in [1.82, 2.24) is 9.58 Å². The van der Waals surface area contributed by atoms with Crippen LogP contribution in [-0.2, 0) is 4.79 Å². The SMILES string of the molecule is C[C@@H](C(=O)N1CCN(n2ccc3ccccc32)CC1)c1ccccc1N. The first-order valence-electron chi connectivity index (χ1n) is 9.09. The van der Waals surface area contributed by atoms with E-state index in [2.05, 4.69) is 46.2 Å². The van der Waals surface area contributed by atoms with Gasteiger partial charge in [-0.25, -0.2) is 0 Å². The van der Waals surface area contributed by atoms with Gasteiger partial charge in [0, 0.05) is 30.4 Å². The summed E-state index contributed by atoms with van der Waals surface area (Å²) in [5.74, 6) is -0.0601. The number of nitrogens with two attached hydrogens (primary N) is 1. The average molecular weight is 348 g/mol. The molecule has 1 aromatic heterocycles. The fourth-order valence-electron chi connectivity index (χ4n) is 3.76. The lowest BCUT2D eigenvalue weighted by atomic mass is 9.97.